The first-order chi connectivity index (χ1) is 8.30. The molecule has 1 amide bonds. The molecule has 0 spiro atoms. The Balaban J connectivity index is 2.36. The van der Waals surface area contributed by atoms with Gasteiger partial charge in [0.1, 0.15) is 12.4 Å². The van der Waals surface area contributed by atoms with Gasteiger partial charge in [-0.15, -0.1) is 0 Å². The highest BCUT2D eigenvalue weighted by Crippen LogP contribution is 2.18. The van der Waals surface area contributed by atoms with Gasteiger partial charge in [0.25, 0.3) is 0 Å². The van der Waals surface area contributed by atoms with Crippen LogP contribution in [0.2, 0.25) is 0 Å². The number of carbonyl (C=O) groups excluding carboxylic acids is 1. The van der Waals surface area contributed by atoms with Crippen molar-refractivity contribution < 1.29 is 9.53 Å². The number of nitrogens with one attached hydrogen (secondary N) is 1. The summed E-state index contributed by atoms with van der Waals surface area (Å²) in [5.41, 5.74) is 2.00. The van der Waals surface area contributed by atoms with Crippen molar-refractivity contribution in [2.45, 2.75) is 34.6 Å². The topological polar surface area (TPSA) is 38.3 Å². The Labute approximate surface area is 110 Å². The van der Waals surface area contributed by atoms with Crippen molar-refractivity contribution in [1.82, 2.24) is 5.32 Å². The summed E-state index contributed by atoms with van der Waals surface area (Å²) in [5, 5.41) is 2.86. The second-order valence-corrected chi connectivity index (χ2v) is 5.62. The van der Waals surface area contributed by atoms with Gasteiger partial charge >= 0.3 is 0 Å². The Bertz CT molecular complexity index is 419. The third-order valence-electron chi connectivity index (χ3n) is 2.66. The molecule has 18 heavy (non-hydrogen) atoms. The Morgan fingerprint density at radius 1 is 1.28 bits per heavy atom. The van der Waals surface area contributed by atoms with Gasteiger partial charge in [0, 0.05) is 5.41 Å². The van der Waals surface area contributed by atoms with E-state index in [-0.39, 0.29) is 11.3 Å². The van der Waals surface area contributed by atoms with E-state index in [1.165, 1.54) is 5.56 Å². The predicted molar refractivity (Wildman–Crippen MR) is 73.9 cm³/mol. The van der Waals surface area contributed by atoms with E-state index in [4.69, 9.17) is 4.74 Å². The lowest BCUT2D eigenvalue weighted by Gasteiger charge is -2.18. The maximum absolute atomic E-state index is 11.6. The summed E-state index contributed by atoms with van der Waals surface area (Å²) in [4.78, 5) is 11.6. The van der Waals surface area contributed by atoms with Gasteiger partial charge in [0.15, 0.2) is 0 Å². The maximum atomic E-state index is 11.6. The average Bonchev–Trinajstić information content (AvgIpc) is 2.25. The summed E-state index contributed by atoms with van der Waals surface area (Å²) >= 11 is 0. The lowest BCUT2D eigenvalue weighted by Crippen LogP contribution is -2.37. The molecule has 1 aromatic carbocycles. The summed E-state index contributed by atoms with van der Waals surface area (Å²) in [6.45, 7) is 10.8. The monoisotopic (exact) mass is 249 g/mol. The fraction of sp³-hybridized carbons (Fsp3) is 0.533. The fourth-order valence-corrected chi connectivity index (χ4v) is 1.55. The van der Waals surface area contributed by atoms with Gasteiger partial charge < -0.3 is 10.1 Å². The number of hydrogen-bond acceptors (Lipinski definition) is 2. The molecule has 0 radical (unpaired) electrons. The van der Waals surface area contributed by atoms with Crippen molar-refractivity contribution in [1.29, 1.82) is 0 Å². The van der Waals surface area contributed by atoms with Crippen molar-refractivity contribution in [3.63, 3.8) is 0 Å². The second kappa shape index (κ2) is 5.89. The van der Waals surface area contributed by atoms with Crippen LogP contribution in [0.15, 0.2) is 18.2 Å². The van der Waals surface area contributed by atoms with Gasteiger partial charge in [-0.2, -0.15) is 0 Å². The van der Waals surface area contributed by atoms with E-state index in [1.807, 2.05) is 39.8 Å². The number of ether oxygens (including phenoxy) is 1. The molecule has 0 bridgehead atoms. The molecule has 3 heteroatoms. The maximum Gasteiger partial charge on any atom is 0.225 e. The zero-order chi connectivity index (χ0) is 13.8. The summed E-state index contributed by atoms with van der Waals surface area (Å²) in [5.74, 6) is 0.928. The highest BCUT2D eigenvalue weighted by Gasteiger charge is 2.20. The first-order valence-electron chi connectivity index (χ1n) is 6.29. The third-order valence-corrected chi connectivity index (χ3v) is 2.66. The van der Waals surface area contributed by atoms with Gasteiger partial charge in [0.05, 0.1) is 6.54 Å². The van der Waals surface area contributed by atoms with Gasteiger partial charge in [-0.25, -0.2) is 0 Å². The van der Waals surface area contributed by atoms with Crippen LogP contribution in [-0.4, -0.2) is 19.1 Å². The normalized spacial score (nSPS) is 11.2. The van der Waals surface area contributed by atoms with Crippen LogP contribution in [0.3, 0.4) is 0 Å². The SMILES string of the molecule is Cc1ccc(OCCNC(=O)C(C)(C)C)c(C)c1. The van der Waals surface area contributed by atoms with E-state index >= 15 is 0 Å². The van der Waals surface area contributed by atoms with E-state index in [0.717, 1.165) is 11.3 Å². The van der Waals surface area contributed by atoms with Gasteiger partial charge in [-0.05, 0) is 25.5 Å². The van der Waals surface area contributed by atoms with E-state index < -0.39 is 0 Å². The van der Waals surface area contributed by atoms with Crippen LogP contribution in [-0.2, 0) is 4.79 Å². The molecule has 1 aromatic rings. The lowest BCUT2D eigenvalue weighted by atomic mass is 9.96. The number of rotatable bonds is 4. The molecule has 3 nitrogen and oxygen atoms in total. The number of benzene rings is 1. The molecule has 1 N–H and O–H groups in total. The summed E-state index contributed by atoms with van der Waals surface area (Å²) in [6, 6.07) is 6.08. The van der Waals surface area contributed by atoms with Crippen molar-refractivity contribution in [3.8, 4) is 5.75 Å². The molecule has 0 aliphatic carbocycles. The molecule has 0 saturated carbocycles. The number of amides is 1. The van der Waals surface area contributed by atoms with Crippen molar-refractivity contribution in [2.24, 2.45) is 5.41 Å². The van der Waals surface area contributed by atoms with Crippen LogP contribution >= 0.6 is 0 Å². The Morgan fingerprint density at radius 3 is 2.50 bits per heavy atom. The van der Waals surface area contributed by atoms with Crippen LogP contribution in [0.1, 0.15) is 31.9 Å². The molecule has 0 aliphatic rings. The van der Waals surface area contributed by atoms with Gasteiger partial charge in [0.2, 0.25) is 5.91 Å². The highest BCUT2D eigenvalue weighted by atomic mass is 16.5. The Kier molecular flexibility index (Phi) is 4.76. The molecule has 0 saturated heterocycles. The van der Waals surface area contributed by atoms with E-state index in [1.54, 1.807) is 0 Å². The zero-order valence-electron chi connectivity index (χ0n) is 12.0. The molecule has 100 valence electrons. The summed E-state index contributed by atoms with van der Waals surface area (Å²) < 4.78 is 5.64. The minimum absolute atomic E-state index is 0.0479. The Hall–Kier alpha value is -1.51. The number of aryl methyl sites for hydroxylation is 2. The minimum atomic E-state index is -0.347. The average molecular weight is 249 g/mol. The summed E-state index contributed by atoms with van der Waals surface area (Å²) in [7, 11) is 0. The number of hydrogen-bond donors (Lipinski definition) is 1. The molecule has 0 aromatic heterocycles. The van der Waals surface area contributed by atoms with Crippen LogP contribution in [0.25, 0.3) is 0 Å². The molecule has 1 rings (SSSR count). The molecule has 0 unspecified atom stereocenters. The predicted octanol–water partition coefficient (Wildman–Crippen LogP) is 2.84. The first kappa shape index (κ1) is 14.6. The van der Waals surface area contributed by atoms with Gasteiger partial charge in [-0.1, -0.05) is 38.5 Å². The fourth-order valence-electron chi connectivity index (χ4n) is 1.55. The van der Waals surface area contributed by atoms with Gasteiger partial charge in [-0.3, -0.25) is 4.79 Å². The molecule has 0 atom stereocenters. The third kappa shape index (κ3) is 4.40. The lowest BCUT2D eigenvalue weighted by molar-refractivity contribution is -0.128. The van der Waals surface area contributed by atoms with Crippen molar-refractivity contribution in [3.05, 3.63) is 29.3 Å². The molecular formula is C15H23NO2. The number of carbonyl (C=O) groups is 1. The minimum Gasteiger partial charge on any atom is -0.491 e. The van der Waals surface area contributed by atoms with E-state index in [0.29, 0.717) is 13.2 Å². The van der Waals surface area contributed by atoms with Crippen LogP contribution in [0, 0.1) is 19.3 Å². The molecule has 0 fully saturated rings. The zero-order valence-corrected chi connectivity index (χ0v) is 12.0. The van der Waals surface area contributed by atoms with Crippen LogP contribution < -0.4 is 10.1 Å². The van der Waals surface area contributed by atoms with Crippen molar-refractivity contribution >= 4 is 5.91 Å². The molecular weight excluding hydrogens is 226 g/mol. The van der Waals surface area contributed by atoms with E-state index in [9.17, 15) is 4.79 Å². The molecule has 0 aliphatic heterocycles. The molecule has 0 heterocycles. The van der Waals surface area contributed by atoms with E-state index in [2.05, 4.69) is 18.3 Å². The van der Waals surface area contributed by atoms with Crippen molar-refractivity contribution in [2.75, 3.05) is 13.2 Å². The quantitative estimate of drug-likeness (QED) is 0.833. The highest BCUT2D eigenvalue weighted by molar-refractivity contribution is 5.81. The van der Waals surface area contributed by atoms with Crippen LogP contribution in [0.4, 0.5) is 0 Å². The smallest absolute Gasteiger partial charge is 0.225 e. The second-order valence-electron chi connectivity index (χ2n) is 5.62. The first-order valence-corrected chi connectivity index (χ1v) is 6.29. The summed E-state index contributed by atoms with van der Waals surface area (Å²) in [6.07, 6.45) is 0. The standard InChI is InChI=1S/C15H23NO2/c1-11-6-7-13(12(2)10-11)18-9-8-16-14(17)15(3,4)5/h6-7,10H,8-9H2,1-5H3,(H,16,17). The Morgan fingerprint density at radius 2 is 1.94 bits per heavy atom. The van der Waals surface area contributed by atoms with Crippen LogP contribution in [0.5, 0.6) is 5.75 Å². The largest absolute Gasteiger partial charge is 0.491 e.